The average Bonchev–Trinajstić information content (AvgIpc) is 3.05. The van der Waals surface area contributed by atoms with Crippen molar-refractivity contribution in [3.05, 3.63) is 65.9 Å². The van der Waals surface area contributed by atoms with Crippen LogP contribution in [-0.4, -0.2) is 26.5 Å². The molecule has 3 rings (SSSR count). The summed E-state index contributed by atoms with van der Waals surface area (Å²) in [5.74, 6) is 0.793. The lowest BCUT2D eigenvalue weighted by molar-refractivity contribution is 0.102. The Morgan fingerprint density at radius 2 is 1.92 bits per heavy atom. The first-order valence-corrected chi connectivity index (χ1v) is 8.23. The Bertz CT molecular complexity index is 905. The highest BCUT2D eigenvalue weighted by atomic mass is 16.5. The zero-order valence-corrected chi connectivity index (χ0v) is 14.7. The number of carbonyl (C=O) groups excluding carboxylic acids is 1. The van der Waals surface area contributed by atoms with Crippen LogP contribution in [0, 0.1) is 0 Å². The highest BCUT2D eigenvalue weighted by Gasteiger charge is 2.13. The minimum Gasteiger partial charge on any atom is -0.490 e. The zero-order chi connectivity index (χ0) is 17.8. The number of hydrogen-bond acceptors (Lipinski definition) is 4. The second-order valence-electron chi connectivity index (χ2n) is 5.90. The van der Waals surface area contributed by atoms with Gasteiger partial charge in [0.2, 0.25) is 5.78 Å². The van der Waals surface area contributed by atoms with Crippen molar-refractivity contribution in [3.63, 3.8) is 0 Å². The van der Waals surface area contributed by atoms with E-state index in [4.69, 9.17) is 9.15 Å². The largest absolute Gasteiger partial charge is 0.490 e. The van der Waals surface area contributed by atoms with Crippen molar-refractivity contribution in [2.45, 2.75) is 6.92 Å². The van der Waals surface area contributed by atoms with E-state index in [1.165, 1.54) is 6.08 Å². The van der Waals surface area contributed by atoms with E-state index in [2.05, 4.69) is 0 Å². The molecule has 3 aromatic rings. The Labute approximate surface area is 147 Å². The molecule has 0 aliphatic rings. The van der Waals surface area contributed by atoms with Crippen LogP contribution < -0.4 is 9.64 Å². The lowest BCUT2D eigenvalue weighted by Gasteiger charge is -2.11. The Balaban J connectivity index is 1.81. The van der Waals surface area contributed by atoms with Gasteiger partial charge in [-0.05, 0) is 42.8 Å². The summed E-state index contributed by atoms with van der Waals surface area (Å²) in [6.07, 6.45) is 3.32. The number of hydrogen-bond donors (Lipinski definition) is 0. The molecule has 0 saturated carbocycles. The van der Waals surface area contributed by atoms with E-state index in [0.717, 1.165) is 16.6 Å². The van der Waals surface area contributed by atoms with Gasteiger partial charge >= 0.3 is 0 Å². The van der Waals surface area contributed by atoms with E-state index in [1.807, 2.05) is 68.4 Å². The quantitative estimate of drug-likeness (QED) is 0.480. The molecule has 0 amide bonds. The smallest absolute Gasteiger partial charge is 0.221 e. The Morgan fingerprint density at radius 1 is 1.16 bits per heavy atom. The molecule has 2 aromatic carbocycles. The first kappa shape index (κ1) is 16.8. The zero-order valence-electron chi connectivity index (χ0n) is 14.7. The summed E-state index contributed by atoms with van der Waals surface area (Å²) < 4.78 is 11.3. The third-order valence-corrected chi connectivity index (χ3v) is 3.89. The normalized spacial score (nSPS) is 11.2. The van der Waals surface area contributed by atoms with E-state index in [9.17, 15) is 4.79 Å². The summed E-state index contributed by atoms with van der Waals surface area (Å²) in [4.78, 5) is 14.4. The summed E-state index contributed by atoms with van der Waals surface area (Å²) in [5, 5.41) is 0.859. The number of nitrogens with zero attached hydrogens (tertiary/aromatic N) is 1. The predicted molar refractivity (Wildman–Crippen MR) is 102 cm³/mol. The fourth-order valence-corrected chi connectivity index (χ4v) is 2.56. The van der Waals surface area contributed by atoms with Crippen LogP contribution in [-0.2, 0) is 0 Å². The van der Waals surface area contributed by atoms with Crippen molar-refractivity contribution in [3.8, 4) is 5.75 Å². The maximum Gasteiger partial charge on any atom is 0.221 e. The molecule has 0 unspecified atom stereocenters. The third kappa shape index (κ3) is 3.74. The summed E-state index contributed by atoms with van der Waals surface area (Å²) >= 11 is 0. The molecule has 0 saturated heterocycles. The molecule has 0 spiro atoms. The Kier molecular flexibility index (Phi) is 4.89. The van der Waals surface area contributed by atoms with Gasteiger partial charge in [0.25, 0.3) is 0 Å². The van der Waals surface area contributed by atoms with Gasteiger partial charge in [0.15, 0.2) is 17.1 Å². The van der Waals surface area contributed by atoms with Crippen LogP contribution in [0.3, 0.4) is 0 Å². The van der Waals surface area contributed by atoms with Crippen molar-refractivity contribution in [2.75, 3.05) is 25.6 Å². The van der Waals surface area contributed by atoms with E-state index in [0.29, 0.717) is 23.7 Å². The lowest BCUT2D eigenvalue weighted by Crippen LogP contribution is -2.07. The second kappa shape index (κ2) is 7.26. The van der Waals surface area contributed by atoms with Crippen LogP contribution in [0.4, 0.5) is 5.69 Å². The van der Waals surface area contributed by atoms with Gasteiger partial charge in [-0.2, -0.15) is 0 Å². The van der Waals surface area contributed by atoms with Crippen molar-refractivity contribution >= 4 is 28.5 Å². The van der Waals surface area contributed by atoms with Gasteiger partial charge < -0.3 is 14.1 Å². The Morgan fingerprint density at radius 3 is 2.60 bits per heavy atom. The predicted octanol–water partition coefficient (Wildman–Crippen LogP) is 4.79. The summed E-state index contributed by atoms with van der Waals surface area (Å²) in [7, 11) is 3.99. The topological polar surface area (TPSA) is 42.7 Å². The molecule has 0 aliphatic heterocycles. The number of benzene rings is 2. The van der Waals surface area contributed by atoms with E-state index in [-0.39, 0.29) is 5.78 Å². The van der Waals surface area contributed by atoms with Gasteiger partial charge in [0.05, 0.1) is 6.61 Å². The molecule has 0 bridgehead atoms. The molecule has 4 heteroatoms. The molecule has 1 heterocycles. The van der Waals surface area contributed by atoms with Gasteiger partial charge in [-0.3, -0.25) is 4.79 Å². The van der Waals surface area contributed by atoms with Crippen LogP contribution in [0.1, 0.15) is 23.0 Å². The highest BCUT2D eigenvalue weighted by molar-refractivity contribution is 6.07. The van der Waals surface area contributed by atoms with E-state index in [1.54, 1.807) is 12.1 Å². The summed E-state index contributed by atoms with van der Waals surface area (Å²) in [6, 6.07) is 15.4. The molecular formula is C21H21NO3. The van der Waals surface area contributed by atoms with Crippen molar-refractivity contribution in [1.82, 2.24) is 0 Å². The van der Waals surface area contributed by atoms with Crippen LogP contribution in [0.2, 0.25) is 0 Å². The lowest BCUT2D eigenvalue weighted by atomic mass is 10.1. The van der Waals surface area contributed by atoms with Crippen molar-refractivity contribution in [2.24, 2.45) is 0 Å². The first-order chi connectivity index (χ1) is 12.1. The van der Waals surface area contributed by atoms with E-state index >= 15 is 0 Å². The number of rotatable bonds is 6. The minimum absolute atomic E-state index is 0.171. The number of ether oxygens (including phenoxy) is 1. The monoisotopic (exact) mass is 335 g/mol. The fourth-order valence-electron chi connectivity index (χ4n) is 2.56. The van der Waals surface area contributed by atoms with E-state index < -0.39 is 0 Å². The highest BCUT2D eigenvalue weighted by Crippen LogP contribution is 2.29. The van der Waals surface area contributed by atoms with Crippen LogP contribution in [0.25, 0.3) is 17.0 Å². The average molecular weight is 335 g/mol. The van der Waals surface area contributed by atoms with Gasteiger partial charge in [0.1, 0.15) is 0 Å². The number of fused-ring (bicyclic) bond motifs is 1. The maximum absolute atomic E-state index is 12.4. The molecule has 0 atom stereocenters. The second-order valence-corrected chi connectivity index (χ2v) is 5.90. The van der Waals surface area contributed by atoms with Gasteiger partial charge in [-0.25, -0.2) is 0 Å². The number of anilines is 1. The number of ketones is 1. The first-order valence-electron chi connectivity index (χ1n) is 8.23. The van der Waals surface area contributed by atoms with Crippen LogP contribution in [0.5, 0.6) is 5.75 Å². The minimum atomic E-state index is -0.171. The fraction of sp³-hybridized carbons (Fsp3) is 0.190. The van der Waals surface area contributed by atoms with Gasteiger partial charge in [0, 0.05) is 25.2 Å². The molecule has 0 N–H and O–H groups in total. The SMILES string of the molecule is CCOc1cccc2cc(C(=O)/C=C/c3ccc(N(C)C)cc3)oc12. The van der Waals surface area contributed by atoms with Gasteiger partial charge in [-0.15, -0.1) is 0 Å². The summed E-state index contributed by atoms with van der Waals surface area (Å²) in [5.41, 5.74) is 2.69. The van der Waals surface area contributed by atoms with Crippen molar-refractivity contribution < 1.29 is 13.9 Å². The standard InChI is InChI=1S/C21H21NO3/c1-4-24-19-7-5-6-16-14-20(25-21(16)19)18(23)13-10-15-8-11-17(12-9-15)22(2)3/h5-14H,4H2,1-3H3/b13-10+. The molecule has 0 fully saturated rings. The molecule has 128 valence electrons. The van der Waals surface area contributed by atoms with Crippen LogP contribution >= 0.6 is 0 Å². The molecule has 25 heavy (non-hydrogen) atoms. The molecule has 4 nitrogen and oxygen atoms in total. The molecule has 1 aromatic heterocycles. The summed E-state index contributed by atoms with van der Waals surface area (Å²) in [6.45, 7) is 2.46. The molecule has 0 radical (unpaired) electrons. The number of para-hydroxylation sites is 1. The molecular weight excluding hydrogens is 314 g/mol. The number of allylic oxidation sites excluding steroid dienone is 1. The molecule has 0 aliphatic carbocycles. The van der Waals surface area contributed by atoms with Crippen LogP contribution in [0.15, 0.2) is 59.0 Å². The Hall–Kier alpha value is -3.01. The maximum atomic E-state index is 12.4. The third-order valence-electron chi connectivity index (χ3n) is 3.89. The number of furan rings is 1. The van der Waals surface area contributed by atoms with Crippen molar-refractivity contribution in [1.29, 1.82) is 0 Å². The number of carbonyl (C=O) groups is 1. The van der Waals surface area contributed by atoms with Gasteiger partial charge in [-0.1, -0.05) is 30.3 Å².